The molecule has 2 aliphatic rings. The Bertz CT molecular complexity index is 540. The van der Waals surface area contributed by atoms with E-state index in [4.69, 9.17) is 0 Å². The molecule has 0 bridgehead atoms. The Labute approximate surface area is 130 Å². The quantitative estimate of drug-likeness (QED) is 0.768. The van der Waals surface area contributed by atoms with E-state index < -0.39 is 0 Å². The van der Waals surface area contributed by atoms with Crippen molar-refractivity contribution in [3.05, 3.63) is 18.2 Å². The highest BCUT2D eigenvalue weighted by Crippen LogP contribution is 2.19. The molecular weight excluding hydrogens is 282 g/mol. The zero-order valence-corrected chi connectivity index (χ0v) is 13.0. The lowest BCUT2D eigenvalue weighted by molar-refractivity contribution is -0.125. The van der Waals surface area contributed by atoms with Gasteiger partial charge in [-0.1, -0.05) is 0 Å². The number of imide groups is 1. The summed E-state index contributed by atoms with van der Waals surface area (Å²) in [7, 11) is 2.11. The average Bonchev–Trinajstić information content (AvgIpc) is 3.07. The SMILES string of the molecule is CN(CCCN1C(=O)CNC1=O)C[C@@H]1CCc2nccn2C1. The molecule has 1 aromatic rings. The van der Waals surface area contributed by atoms with Crippen LogP contribution in [0.15, 0.2) is 12.4 Å². The molecule has 7 heteroatoms. The Kier molecular flexibility index (Phi) is 4.42. The predicted molar refractivity (Wildman–Crippen MR) is 81.3 cm³/mol. The minimum atomic E-state index is -0.257. The fourth-order valence-electron chi connectivity index (χ4n) is 3.30. The van der Waals surface area contributed by atoms with Crippen LogP contribution in [0.2, 0.25) is 0 Å². The summed E-state index contributed by atoms with van der Waals surface area (Å²) in [5, 5.41) is 2.55. The molecule has 3 heterocycles. The number of carbonyl (C=O) groups is 2. The number of aromatic nitrogens is 2. The van der Waals surface area contributed by atoms with Gasteiger partial charge < -0.3 is 14.8 Å². The van der Waals surface area contributed by atoms with Crippen molar-refractivity contribution in [2.75, 3.05) is 33.2 Å². The molecule has 3 amide bonds. The van der Waals surface area contributed by atoms with Gasteiger partial charge in [0.15, 0.2) is 0 Å². The van der Waals surface area contributed by atoms with Crippen LogP contribution in [0.3, 0.4) is 0 Å². The molecule has 0 unspecified atom stereocenters. The summed E-state index contributed by atoms with van der Waals surface area (Å²) in [6.45, 7) is 3.62. The van der Waals surface area contributed by atoms with Crippen LogP contribution >= 0.6 is 0 Å². The number of aryl methyl sites for hydroxylation is 1. The maximum atomic E-state index is 11.5. The molecule has 3 rings (SSSR count). The first-order chi connectivity index (χ1) is 10.6. The van der Waals surface area contributed by atoms with Crippen LogP contribution < -0.4 is 5.32 Å². The van der Waals surface area contributed by atoms with Gasteiger partial charge in [0.05, 0.1) is 6.54 Å². The number of urea groups is 1. The third-order valence-corrected chi connectivity index (χ3v) is 4.46. The highest BCUT2D eigenvalue weighted by atomic mass is 16.2. The van der Waals surface area contributed by atoms with E-state index in [0.29, 0.717) is 12.5 Å². The third kappa shape index (κ3) is 3.30. The Morgan fingerprint density at radius 1 is 1.45 bits per heavy atom. The zero-order chi connectivity index (χ0) is 15.5. The van der Waals surface area contributed by atoms with Gasteiger partial charge in [-0.3, -0.25) is 9.69 Å². The van der Waals surface area contributed by atoms with Gasteiger partial charge >= 0.3 is 6.03 Å². The fraction of sp³-hybridized carbons (Fsp3) is 0.667. The summed E-state index contributed by atoms with van der Waals surface area (Å²) in [6.07, 6.45) is 6.97. The van der Waals surface area contributed by atoms with E-state index in [1.54, 1.807) is 0 Å². The van der Waals surface area contributed by atoms with Gasteiger partial charge in [0.2, 0.25) is 5.91 Å². The first-order valence-electron chi connectivity index (χ1n) is 7.90. The van der Waals surface area contributed by atoms with Gasteiger partial charge in [-0.05, 0) is 32.4 Å². The molecule has 1 N–H and O–H groups in total. The molecule has 1 aromatic heterocycles. The molecule has 120 valence electrons. The molecule has 1 atom stereocenters. The van der Waals surface area contributed by atoms with E-state index in [9.17, 15) is 9.59 Å². The number of nitrogens with zero attached hydrogens (tertiary/aromatic N) is 4. The number of fused-ring (bicyclic) bond motifs is 1. The van der Waals surface area contributed by atoms with E-state index in [1.807, 2.05) is 6.20 Å². The number of rotatable bonds is 6. The Balaban J connectivity index is 1.39. The normalized spacial score (nSPS) is 21.4. The van der Waals surface area contributed by atoms with Crippen molar-refractivity contribution in [1.82, 2.24) is 24.7 Å². The number of hydrogen-bond acceptors (Lipinski definition) is 4. The van der Waals surface area contributed by atoms with Gasteiger partial charge in [0.25, 0.3) is 0 Å². The molecule has 0 aromatic carbocycles. The Hall–Kier alpha value is -1.89. The number of nitrogens with one attached hydrogen (secondary N) is 1. The van der Waals surface area contributed by atoms with Gasteiger partial charge in [0, 0.05) is 38.4 Å². The minimum Gasteiger partial charge on any atom is -0.335 e. The third-order valence-electron chi connectivity index (χ3n) is 4.46. The Morgan fingerprint density at radius 2 is 2.32 bits per heavy atom. The van der Waals surface area contributed by atoms with Gasteiger partial charge in [-0.15, -0.1) is 0 Å². The number of amides is 3. The smallest absolute Gasteiger partial charge is 0.324 e. The van der Waals surface area contributed by atoms with Crippen molar-refractivity contribution in [3.8, 4) is 0 Å². The molecule has 7 nitrogen and oxygen atoms in total. The van der Waals surface area contributed by atoms with Crippen LogP contribution in [0.25, 0.3) is 0 Å². The molecule has 2 aliphatic heterocycles. The first kappa shape index (κ1) is 15.0. The predicted octanol–water partition coefficient (Wildman–Crippen LogP) is 0.319. The van der Waals surface area contributed by atoms with Crippen LogP contribution in [0.5, 0.6) is 0 Å². The van der Waals surface area contributed by atoms with Gasteiger partial charge in [-0.2, -0.15) is 0 Å². The van der Waals surface area contributed by atoms with Crippen LogP contribution in [-0.2, 0) is 17.8 Å². The van der Waals surface area contributed by atoms with E-state index in [1.165, 1.54) is 17.1 Å². The topological polar surface area (TPSA) is 70.5 Å². The number of imidazole rings is 1. The van der Waals surface area contributed by atoms with E-state index in [2.05, 4.69) is 33.0 Å². The second-order valence-electron chi connectivity index (χ2n) is 6.22. The van der Waals surface area contributed by atoms with Crippen molar-refractivity contribution in [2.45, 2.75) is 25.8 Å². The van der Waals surface area contributed by atoms with Crippen molar-refractivity contribution in [1.29, 1.82) is 0 Å². The van der Waals surface area contributed by atoms with Gasteiger partial charge in [0.1, 0.15) is 5.82 Å². The second kappa shape index (κ2) is 6.48. The summed E-state index contributed by atoms with van der Waals surface area (Å²) >= 11 is 0. The van der Waals surface area contributed by atoms with Crippen molar-refractivity contribution >= 4 is 11.9 Å². The summed E-state index contributed by atoms with van der Waals surface area (Å²) in [4.78, 5) is 30.9. The van der Waals surface area contributed by atoms with Crippen molar-refractivity contribution in [3.63, 3.8) is 0 Å². The molecule has 1 saturated heterocycles. The molecule has 1 fully saturated rings. The summed E-state index contributed by atoms with van der Waals surface area (Å²) in [5.41, 5.74) is 0. The highest BCUT2D eigenvalue weighted by molar-refractivity contribution is 6.01. The monoisotopic (exact) mass is 305 g/mol. The van der Waals surface area contributed by atoms with E-state index >= 15 is 0 Å². The molecule has 22 heavy (non-hydrogen) atoms. The standard InChI is InChI=1S/C15H23N5O2/c1-18(6-2-7-20-14(21)9-17-15(20)22)10-12-3-4-13-16-5-8-19(13)11-12/h5,8,12H,2-4,6-7,9-11H2,1H3,(H,17,22)/t12-/m0/s1. The lowest BCUT2D eigenvalue weighted by Crippen LogP contribution is -2.35. The molecular formula is C15H23N5O2. The second-order valence-corrected chi connectivity index (χ2v) is 6.22. The van der Waals surface area contributed by atoms with E-state index in [-0.39, 0.29) is 18.5 Å². The van der Waals surface area contributed by atoms with Crippen LogP contribution in [0, 0.1) is 5.92 Å². The fourth-order valence-corrected chi connectivity index (χ4v) is 3.30. The minimum absolute atomic E-state index is 0.118. The lowest BCUT2D eigenvalue weighted by Gasteiger charge is -2.28. The van der Waals surface area contributed by atoms with Crippen LogP contribution in [0.4, 0.5) is 4.79 Å². The molecule has 0 saturated carbocycles. The Morgan fingerprint density at radius 3 is 3.09 bits per heavy atom. The first-order valence-corrected chi connectivity index (χ1v) is 7.90. The highest BCUT2D eigenvalue weighted by Gasteiger charge is 2.27. The van der Waals surface area contributed by atoms with Gasteiger partial charge in [-0.25, -0.2) is 9.78 Å². The molecule has 0 spiro atoms. The molecule has 0 aliphatic carbocycles. The zero-order valence-electron chi connectivity index (χ0n) is 13.0. The number of carbonyl (C=O) groups excluding carboxylic acids is 2. The van der Waals surface area contributed by atoms with Crippen LogP contribution in [0.1, 0.15) is 18.7 Å². The summed E-state index contributed by atoms with van der Waals surface area (Å²) < 4.78 is 2.25. The van der Waals surface area contributed by atoms with Crippen molar-refractivity contribution in [2.24, 2.45) is 5.92 Å². The largest absolute Gasteiger partial charge is 0.335 e. The maximum absolute atomic E-state index is 11.5. The summed E-state index contributed by atoms with van der Waals surface area (Å²) in [6, 6.07) is -0.257. The average molecular weight is 305 g/mol. The van der Waals surface area contributed by atoms with Crippen LogP contribution in [-0.4, -0.2) is 64.5 Å². The van der Waals surface area contributed by atoms with Crippen molar-refractivity contribution < 1.29 is 9.59 Å². The maximum Gasteiger partial charge on any atom is 0.324 e. The lowest BCUT2D eigenvalue weighted by atomic mass is 9.99. The summed E-state index contributed by atoms with van der Waals surface area (Å²) in [5.74, 6) is 1.72. The number of hydrogen-bond donors (Lipinski definition) is 1. The molecule has 0 radical (unpaired) electrons. The van der Waals surface area contributed by atoms with E-state index in [0.717, 1.165) is 32.5 Å².